The normalized spacial score (nSPS) is 15.2. The van der Waals surface area contributed by atoms with Crippen LogP contribution < -0.4 is 0 Å². The molecule has 0 aliphatic rings. The molecule has 78 valence electrons. The van der Waals surface area contributed by atoms with E-state index in [0.29, 0.717) is 0 Å². The monoisotopic (exact) mass is 210 g/mol. The van der Waals surface area contributed by atoms with Crippen LogP contribution in [-0.4, -0.2) is 31.3 Å². The molecule has 13 heavy (non-hydrogen) atoms. The summed E-state index contributed by atoms with van der Waals surface area (Å²) in [4.78, 5) is 9.36. The SMILES string of the molecule is O=COCC(F)(F)C(F)C(F)(F)F. The van der Waals surface area contributed by atoms with Crippen molar-refractivity contribution in [2.24, 2.45) is 0 Å². The second-order valence-electron chi connectivity index (χ2n) is 2.07. The molecule has 0 rings (SSSR count). The van der Waals surface area contributed by atoms with Gasteiger partial charge >= 0.3 is 12.1 Å². The fourth-order valence-electron chi connectivity index (χ4n) is 0.458. The van der Waals surface area contributed by atoms with Crippen molar-refractivity contribution in [2.75, 3.05) is 6.61 Å². The Balaban J connectivity index is 4.34. The van der Waals surface area contributed by atoms with Gasteiger partial charge in [0.15, 0.2) is 6.61 Å². The first-order chi connectivity index (χ1) is 5.72. The van der Waals surface area contributed by atoms with Crippen LogP contribution in [0.3, 0.4) is 0 Å². The summed E-state index contributed by atoms with van der Waals surface area (Å²) in [7, 11) is 0. The van der Waals surface area contributed by atoms with Gasteiger partial charge in [-0.15, -0.1) is 0 Å². The molecule has 0 heterocycles. The first-order valence-corrected chi connectivity index (χ1v) is 2.85. The fourth-order valence-corrected chi connectivity index (χ4v) is 0.458. The van der Waals surface area contributed by atoms with E-state index in [2.05, 4.69) is 4.74 Å². The van der Waals surface area contributed by atoms with Gasteiger partial charge in [-0.2, -0.15) is 22.0 Å². The number of halogens is 6. The standard InChI is InChI=1S/C5H4F6O2/c6-3(5(9,10)11)4(7,8)1-13-2-12/h2-3H,1H2. The van der Waals surface area contributed by atoms with Gasteiger partial charge in [0.05, 0.1) is 0 Å². The van der Waals surface area contributed by atoms with E-state index in [1.54, 1.807) is 0 Å². The zero-order chi connectivity index (χ0) is 10.7. The molecule has 0 aliphatic heterocycles. The molecule has 0 aromatic carbocycles. The lowest BCUT2D eigenvalue weighted by molar-refractivity contribution is -0.253. The third kappa shape index (κ3) is 3.51. The highest BCUT2D eigenvalue weighted by atomic mass is 19.4. The van der Waals surface area contributed by atoms with Crippen LogP contribution in [0.4, 0.5) is 26.3 Å². The highest BCUT2D eigenvalue weighted by Gasteiger charge is 2.57. The Kier molecular flexibility index (Phi) is 3.56. The zero-order valence-corrected chi connectivity index (χ0v) is 5.95. The average molecular weight is 210 g/mol. The maximum absolute atomic E-state index is 12.1. The molecule has 0 N–H and O–H groups in total. The second-order valence-corrected chi connectivity index (χ2v) is 2.07. The third-order valence-electron chi connectivity index (χ3n) is 1.00. The molecule has 0 bridgehead atoms. The first kappa shape index (κ1) is 12.0. The molecule has 0 aromatic rings. The van der Waals surface area contributed by atoms with Gasteiger partial charge in [0.2, 0.25) is 0 Å². The summed E-state index contributed by atoms with van der Waals surface area (Å²) < 4.78 is 73.6. The molecule has 2 nitrogen and oxygen atoms in total. The average Bonchev–Trinajstić information content (AvgIpc) is 1.98. The van der Waals surface area contributed by atoms with Crippen LogP contribution >= 0.6 is 0 Å². The molecule has 0 aromatic heterocycles. The van der Waals surface area contributed by atoms with E-state index in [-0.39, 0.29) is 0 Å². The van der Waals surface area contributed by atoms with E-state index in [1.165, 1.54) is 0 Å². The fraction of sp³-hybridized carbons (Fsp3) is 0.800. The van der Waals surface area contributed by atoms with Crippen molar-refractivity contribution in [3.63, 3.8) is 0 Å². The number of carbonyl (C=O) groups is 1. The molecule has 0 saturated carbocycles. The van der Waals surface area contributed by atoms with Crippen LogP contribution in [0.1, 0.15) is 0 Å². The summed E-state index contributed by atoms with van der Waals surface area (Å²) in [5.74, 6) is -4.75. The number of hydrogen-bond donors (Lipinski definition) is 0. The van der Waals surface area contributed by atoms with E-state index in [9.17, 15) is 31.1 Å². The molecule has 0 amide bonds. The molecule has 0 radical (unpaired) electrons. The summed E-state index contributed by atoms with van der Waals surface area (Å²) in [6.45, 7) is -2.42. The first-order valence-electron chi connectivity index (χ1n) is 2.85. The number of carbonyl (C=O) groups excluding carboxylic acids is 1. The van der Waals surface area contributed by atoms with E-state index >= 15 is 0 Å². The number of alkyl halides is 6. The zero-order valence-electron chi connectivity index (χ0n) is 5.95. The van der Waals surface area contributed by atoms with Crippen LogP contribution in [-0.2, 0) is 9.53 Å². The Bertz CT molecular complexity index is 176. The van der Waals surface area contributed by atoms with Crippen molar-refractivity contribution >= 4 is 6.47 Å². The predicted octanol–water partition coefficient (Wildman–Crippen LogP) is 1.70. The highest BCUT2D eigenvalue weighted by molar-refractivity contribution is 5.37. The van der Waals surface area contributed by atoms with Crippen molar-refractivity contribution in [1.82, 2.24) is 0 Å². The number of rotatable bonds is 4. The summed E-state index contributed by atoms with van der Waals surface area (Å²) in [6.07, 6.45) is -10.0. The highest BCUT2D eigenvalue weighted by Crippen LogP contribution is 2.34. The minimum atomic E-state index is -5.67. The minimum absolute atomic E-state index is 0.489. The van der Waals surface area contributed by atoms with Gasteiger partial charge in [-0.25, -0.2) is 4.39 Å². The molecule has 0 aliphatic carbocycles. The summed E-state index contributed by atoms with van der Waals surface area (Å²) >= 11 is 0. The Labute approximate surface area is 68.5 Å². The Morgan fingerprint density at radius 1 is 1.23 bits per heavy atom. The molecule has 8 heteroatoms. The Morgan fingerprint density at radius 3 is 2.00 bits per heavy atom. The number of hydrogen-bond acceptors (Lipinski definition) is 2. The van der Waals surface area contributed by atoms with Gasteiger partial charge in [0.25, 0.3) is 12.6 Å². The van der Waals surface area contributed by atoms with Crippen molar-refractivity contribution in [1.29, 1.82) is 0 Å². The molecular weight excluding hydrogens is 206 g/mol. The topological polar surface area (TPSA) is 26.3 Å². The van der Waals surface area contributed by atoms with Crippen molar-refractivity contribution in [2.45, 2.75) is 18.3 Å². The summed E-state index contributed by atoms with van der Waals surface area (Å²) in [6, 6.07) is 0. The van der Waals surface area contributed by atoms with Crippen LogP contribution in [0.15, 0.2) is 0 Å². The van der Waals surface area contributed by atoms with Gasteiger partial charge in [0, 0.05) is 0 Å². The lowest BCUT2D eigenvalue weighted by Gasteiger charge is -2.21. The van der Waals surface area contributed by atoms with Crippen LogP contribution in [0, 0.1) is 0 Å². The lowest BCUT2D eigenvalue weighted by Crippen LogP contribution is -2.44. The summed E-state index contributed by atoms with van der Waals surface area (Å²) in [5, 5.41) is 0. The van der Waals surface area contributed by atoms with Crippen molar-refractivity contribution in [3.05, 3.63) is 0 Å². The molecular formula is C5H4F6O2. The molecule has 0 spiro atoms. The molecule has 0 fully saturated rings. The van der Waals surface area contributed by atoms with E-state index in [1.807, 2.05) is 0 Å². The second kappa shape index (κ2) is 3.84. The lowest BCUT2D eigenvalue weighted by atomic mass is 10.2. The van der Waals surface area contributed by atoms with E-state index in [0.717, 1.165) is 0 Å². The number of ether oxygens (including phenoxy) is 1. The Hall–Kier alpha value is -0.950. The minimum Gasteiger partial charge on any atom is -0.461 e. The predicted molar refractivity (Wildman–Crippen MR) is 27.9 cm³/mol. The maximum Gasteiger partial charge on any atom is 0.425 e. The van der Waals surface area contributed by atoms with E-state index in [4.69, 9.17) is 0 Å². The largest absolute Gasteiger partial charge is 0.461 e. The van der Waals surface area contributed by atoms with Gasteiger partial charge in [-0.05, 0) is 0 Å². The van der Waals surface area contributed by atoms with Gasteiger partial charge in [-0.1, -0.05) is 0 Å². The molecule has 0 saturated heterocycles. The smallest absolute Gasteiger partial charge is 0.425 e. The van der Waals surface area contributed by atoms with Gasteiger partial charge in [0.1, 0.15) is 0 Å². The van der Waals surface area contributed by atoms with E-state index < -0.39 is 31.3 Å². The van der Waals surface area contributed by atoms with Crippen molar-refractivity contribution in [3.8, 4) is 0 Å². The quantitative estimate of drug-likeness (QED) is 0.521. The van der Waals surface area contributed by atoms with Crippen LogP contribution in [0.5, 0.6) is 0 Å². The Morgan fingerprint density at radius 2 is 1.69 bits per heavy atom. The third-order valence-corrected chi connectivity index (χ3v) is 1.00. The van der Waals surface area contributed by atoms with Crippen LogP contribution in [0.2, 0.25) is 0 Å². The van der Waals surface area contributed by atoms with Gasteiger partial charge in [-0.3, -0.25) is 4.79 Å². The summed E-state index contributed by atoms with van der Waals surface area (Å²) in [5.41, 5.74) is 0. The van der Waals surface area contributed by atoms with Crippen LogP contribution in [0.25, 0.3) is 0 Å². The maximum atomic E-state index is 12.1. The van der Waals surface area contributed by atoms with Crippen molar-refractivity contribution < 1.29 is 35.9 Å². The molecule has 1 unspecified atom stereocenters. The van der Waals surface area contributed by atoms with Gasteiger partial charge < -0.3 is 4.74 Å². The molecule has 1 atom stereocenters.